The van der Waals surface area contributed by atoms with Crippen molar-refractivity contribution in [3.8, 4) is 5.75 Å². The quantitative estimate of drug-likeness (QED) is 0.553. The minimum Gasteiger partial charge on any atom is -0.497 e. The Hall–Kier alpha value is -2.77. The number of halogens is 1. The molecule has 0 spiro atoms. The molecule has 1 atom stereocenters. The number of amides is 1. The van der Waals surface area contributed by atoms with Crippen molar-refractivity contribution in [3.05, 3.63) is 77.2 Å². The van der Waals surface area contributed by atoms with Crippen molar-refractivity contribution in [3.63, 3.8) is 0 Å². The number of nitrogens with zero attached hydrogens (tertiary/aromatic N) is 2. The van der Waals surface area contributed by atoms with Gasteiger partial charge in [0.25, 0.3) is 5.91 Å². The van der Waals surface area contributed by atoms with Crippen molar-refractivity contribution >= 4 is 34.0 Å². The monoisotopic (exact) mass is 458 g/mol. The van der Waals surface area contributed by atoms with Gasteiger partial charge in [0.1, 0.15) is 11.5 Å². The number of rotatable bonds is 6. The number of methoxy groups -OCH3 is 1. The van der Waals surface area contributed by atoms with Crippen LogP contribution in [0, 0.1) is 0 Å². The summed E-state index contributed by atoms with van der Waals surface area (Å²) in [5, 5.41) is 0.537. The number of furan rings is 1. The first kappa shape index (κ1) is 21.5. The highest BCUT2D eigenvalue weighted by Gasteiger charge is 2.24. The maximum absolute atomic E-state index is 12.8. The average molecular weight is 459 g/mol. The number of hydrogen-bond donors (Lipinski definition) is 0. The molecule has 162 valence electrons. The molecule has 1 saturated heterocycles. The number of piperazine rings is 1. The fraction of sp³-hybridized carbons (Fsp3) is 0.261. The van der Waals surface area contributed by atoms with Crippen molar-refractivity contribution in [2.45, 2.75) is 10.6 Å². The van der Waals surface area contributed by atoms with Crippen molar-refractivity contribution in [2.24, 2.45) is 0 Å². The molecular weight excluding hydrogens is 436 g/mol. The number of hydrogen-bond acceptors (Lipinski definition) is 5. The van der Waals surface area contributed by atoms with E-state index in [-0.39, 0.29) is 17.4 Å². The molecule has 1 fully saturated rings. The van der Waals surface area contributed by atoms with Gasteiger partial charge >= 0.3 is 0 Å². The van der Waals surface area contributed by atoms with Crippen LogP contribution in [0.25, 0.3) is 0 Å². The maximum atomic E-state index is 12.8. The molecule has 31 heavy (non-hydrogen) atoms. The van der Waals surface area contributed by atoms with E-state index in [2.05, 4.69) is 4.90 Å². The lowest BCUT2D eigenvalue weighted by Crippen LogP contribution is -2.48. The van der Waals surface area contributed by atoms with Crippen molar-refractivity contribution in [2.75, 3.05) is 38.2 Å². The zero-order valence-corrected chi connectivity index (χ0v) is 18.7. The molecule has 1 aromatic heterocycles. The first-order valence-corrected chi connectivity index (χ1v) is 11.6. The summed E-state index contributed by atoms with van der Waals surface area (Å²) >= 11 is 5.97. The van der Waals surface area contributed by atoms with Crippen LogP contribution in [0.15, 0.2) is 70.0 Å². The van der Waals surface area contributed by atoms with E-state index < -0.39 is 10.8 Å². The molecule has 0 N–H and O–H groups in total. The third-order valence-electron chi connectivity index (χ3n) is 5.21. The molecule has 3 aromatic rings. The predicted octanol–water partition coefficient (Wildman–Crippen LogP) is 4.21. The van der Waals surface area contributed by atoms with Crippen molar-refractivity contribution < 1.29 is 18.2 Å². The standard InChI is InChI=1S/C23H23ClN2O4S/c1-29-19-7-5-18(6-8-19)25-11-13-26(14-12-25)23(27)22-10-9-20(30-22)16-31(28)21-4-2-3-17(24)15-21/h2-10,15H,11-14,16H2,1H3/t31-/m1/s1. The molecule has 6 nitrogen and oxygen atoms in total. The molecule has 0 bridgehead atoms. The van der Waals surface area contributed by atoms with E-state index in [9.17, 15) is 9.00 Å². The summed E-state index contributed by atoms with van der Waals surface area (Å²) in [6.07, 6.45) is 0. The second kappa shape index (κ2) is 9.58. The Kier molecular flexibility index (Phi) is 6.63. The predicted molar refractivity (Wildman–Crippen MR) is 121 cm³/mol. The summed E-state index contributed by atoms with van der Waals surface area (Å²) in [6, 6.07) is 18.2. The second-order valence-electron chi connectivity index (χ2n) is 7.19. The van der Waals surface area contributed by atoms with Gasteiger partial charge in [-0.25, -0.2) is 0 Å². The number of carbonyl (C=O) groups is 1. The maximum Gasteiger partial charge on any atom is 0.289 e. The molecule has 2 heterocycles. The van der Waals surface area contributed by atoms with Gasteiger partial charge in [-0.2, -0.15) is 0 Å². The minimum absolute atomic E-state index is 0.144. The van der Waals surface area contributed by atoms with Gasteiger partial charge in [-0.3, -0.25) is 9.00 Å². The Labute approximate surface area is 188 Å². The molecular formula is C23H23ClN2O4S. The lowest BCUT2D eigenvalue weighted by molar-refractivity contribution is 0.0713. The number of ether oxygens (including phenoxy) is 1. The van der Waals surface area contributed by atoms with Crippen molar-refractivity contribution in [1.29, 1.82) is 0 Å². The smallest absolute Gasteiger partial charge is 0.289 e. The zero-order chi connectivity index (χ0) is 21.8. The van der Waals surface area contributed by atoms with Crippen LogP contribution < -0.4 is 9.64 Å². The summed E-state index contributed by atoms with van der Waals surface area (Å²) in [5.41, 5.74) is 1.11. The first-order chi connectivity index (χ1) is 15.0. The minimum atomic E-state index is -1.30. The van der Waals surface area contributed by atoms with Crippen LogP contribution in [0.1, 0.15) is 16.3 Å². The van der Waals surface area contributed by atoms with Crippen LogP contribution in [-0.2, 0) is 16.6 Å². The molecule has 2 aromatic carbocycles. The van der Waals surface area contributed by atoms with E-state index in [1.807, 2.05) is 24.3 Å². The van der Waals surface area contributed by atoms with E-state index in [0.717, 1.165) is 24.5 Å². The van der Waals surface area contributed by atoms with E-state index in [4.69, 9.17) is 20.8 Å². The van der Waals surface area contributed by atoms with Crippen molar-refractivity contribution in [1.82, 2.24) is 4.90 Å². The topological polar surface area (TPSA) is 63.0 Å². The van der Waals surface area contributed by atoms with Gasteiger partial charge in [-0.05, 0) is 54.6 Å². The molecule has 0 saturated carbocycles. The van der Waals surface area contributed by atoms with E-state index in [1.165, 1.54) is 0 Å². The van der Waals surface area contributed by atoms with Gasteiger partial charge < -0.3 is 19.0 Å². The van der Waals surface area contributed by atoms with Gasteiger partial charge in [0.2, 0.25) is 0 Å². The van der Waals surface area contributed by atoms with E-state index in [0.29, 0.717) is 28.8 Å². The van der Waals surface area contributed by atoms with Crippen LogP contribution in [0.5, 0.6) is 5.75 Å². The molecule has 8 heteroatoms. The normalized spacial score (nSPS) is 15.0. The SMILES string of the molecule is COc1ccc(N2CCN(C(=O)c3ccc(C[S@@](=O)c4cccc(Cl)c4)o3)CC2)cc1. The van der Waals surface area contributed by atoms with Crippen LogP contribution >= 0.6 is 11.6 Å². The van der Waals surface area contributed by atoms with E-state index >= 15 is 0 Å². The Morgan fingerprint density at radius 3 is 2.48 bits per heavy atom. The molecule has 0 unspecified atom stereocenters. The molecule has 4 rings (SSSR count). The highest BCUT2D eigenvalue weighted by atomic mass is 35.5. The van der Waals surface area contributed by atoms with Gasteiger partial charge in [-0.1, -0.05) is 17.7 Å². The van der Waals surface area contributed by atoms with Crippen LogP contribution in [0.2, 0.25) is 5.02 Å². The lowest BCUT2D eigenvalue weighted by Gasteiger charge is -2.35. The lowest BCUT2D eigenvalue weighted by atomic mass is 10.2. The van der Waals surface area contributed by atoms with Crippen LogP contribution in [-0.4, -0.2) is 48.3 Å². The highest BCUT2D eigenvalue weighted by Crippen LogP contribution is 2.22. The molecule has 0 radical (unpaired) electrons. The molecule has 1 aliphatic rings. The number of carbonyl (C=O) groups excluding carboxylic acids is 1. The molecule has 1 aliphatic heterocycles. The van der Waals surface area contributed by atoms with Crippen LogP contribution in [0.4, 0.5) is 5.69 Å². The van der Waals surface area contributed by atoms with E-state index in [1.54, 1.807) is 48.4 Å². The Morgan fingerprint density at radius 1 is 1.06 bits per heavy atom. The van der Waals surface area contributed by atoms with Gasteiger partial charge in [0.05, 0.1) is 23.7 Å². The summed E-state index contributed by atoms with van der Waals surface area (Å²) in [5.74, 6) is 1.66. The van der Waals surface area contributed by atoms with Crippen LogP contribution in [0.3, 0.4) is 0 Å². The van der Waals surface area contributed by atoms with Gasteiger partial charge in [0.15, 0.2) is 5.76 Å². The average Bonchev–Trinajstić information content (AvgIpc) is 3.27. The Morgan fingerprint density at radius 2 is 1.81 bits per heavy atom. The summed E-state index contributed by atoms with van der Waals surface area (Å²) in [6.45, 7) is 2.69. The second-order valence-corrected chi connectivity index (χ2v) is 9.08. The Balaban J connectivity index is 1.34. The third kappa shape index (κ3) is 5.11. The fourth-order valence-electron chi connectivity index (χ4n) is 3.51. The first-order valence-electron chi connectivity index (χ1n) is 9.94. The van der Waals surface area contributed by atoms with Gasteiger partial charge in [0, 0.05) is 41.8 Å². The summed E-state index contributed by atoms with van der Waals surface area (Å²) < 4.78 is 23.5. The highest BCUT2D eigenvalue weighted by molar-refractivity contribution is 7.84. The Bertz CT molecular complexity index is 1080. The number of benzene rings is 2. The summed E-state index contributed by atoms with van der Waals surface area (Å²) in [4.78, 5) is 17.5. The van der Waals surface area contributed by atoms with Gasteiger partial charge in [-0.15, -0.1) is 0 Å². The summed E-state index contributed by atoms with van der Waals surface area (Å²) in [7, 11) is 0.351. The zero-order valence-electron chi connectivity index (χ0n) is 17.1. The fourth-order valence-corrected chi connectivity index (χ4v) is 4.83. The third-order valence-corrected chi connectivity index (χ3v) is 6.77. The molecule has 0 aliphatic carbocycles. The largest absolute Gasteiger partial charge is 0.497 e. The number of anilines is 1. The molecule has 1 amide bonds.